The van der Waals surface area contributed by atoms with Gasteiger partial charge in [-0.2, -0.15) is 0 Å². The second-order valence-corrected chi connectivity index (χ2v) is 3.47. The third-order valence-electron chi connectivity index (χ3n) is 2.24. The third kappa shape index (κ3) is 4.23. The summed E-state index contributed by atoms with van der Waals surface area (Å²) < 4.78 is 15.6. The molecule has 18 heavy (non-hydrogen) atoms. The maximum atomic E-state index is 11.2. The summed E-state index contributed by atoms with van der Waals surface area (Å²) in [6.07, 6.45) is 0. The Labute approximate surface area is 106 Å². The van der Waals surface area contributed by atoms with Crippen LogP contribution < -0.4 is 20.3 Å². The number of hydrogen-bond donors (Lipinski definition) is 2. The van der Waals surface area contributed by atoms with Crippen molar-refractivity contribution in [2.24, 2.45) is 0 Å². The normalized spacial score (nSPS) is 9.94. The number of carbonyl (C=O) groups excluding carboxylic acids is 1. The first-order valence-corrected chi connectivity index (χ1v) is 5.45. The predicted octanol–water partition coefficient (Wildman–Crippen LogP) is 0.471. The number of ether oxygens (including phenoxy) is 3. The van der Waals surface area contributed by atoms with Crippen LogP contribution in [0.2, 0.25) is 0 Å². The zero-order valence-electron chi connectivity index (χ0n) is 10.8. The highest BCUT2D eigenvalue weighted by atomic mass is 16.5. The summed E-state index contributed by atoms with van der Waals surface area (Å²) in [6, 6.07) is 5.41. The molecule has 6 heteroatoms. The van der Waals surface area contributed by atoms with Gasteiger partial charge >= 0.3 is 0 Å². The van der Waals surface area contributed by atoms with Crippen LogP contribution in [0, 0.1) is 0 Å². The van der Waals surface area contributed by atoms with E-state index in [-0.39, 0.29) is 19.1 Å². The van der Waals surface area contributed by atoms with Crippen LogP contribution in [0.4, 0.5) is 0 Å². The lowest BCUT2D eigenvalue weighted by atomic mass is 10.2. The Morgan fingerprint density at radius 1 is 1.28 bits per heavy atom. The molecule has 0 saturated carbocycles. The van der Waals surface area contributed by atoms with Gasteiger partial charge in [-0.15, -0.1) is 0 Å². The fourth-order valence-electron chi connectivity index (χ4n) is 1.42. The van der Waals surface area contributed by atoms with Gasteiger partial charge in [0, 0.05) is 12.6 Å². The quantitative estimate of drug-likeness (QED) is 0.692. The van der Waals surface area contributed by atoms with Crippen LogP contribution in [0.15, 0.2) is 18.2 Å². The van der Waals surface area contributed by atoms with Crippen molar-refractivity contribution in [3.8, 4) is 11.5 Å². The maximum absolute atomic E-state index is 11.2. The van der Waals surface area contributed by atoms with Crippen LogP contribution >= 0.6 is 0 Å². The van der Waals surface area contributed by atoms with Crippen LogP contribution in [0.3, 0.4) is 0 Å². The number of amides is 1. The summed E-state index contributed by atoms with van der Waals surface area (Å²) >= 11 is 0. The van der Waals surface area contributed by atoms with Crippen molar-refractivity contribution in [2.75, 3.05) is 27.9 Å². The minimum absolute atomic E-state index is 0.0266. The van der Waals surface area contributed by atoms with Gasteiger partial charge in [-0.3, -0.25) is 10.2 Å². The summed E-state index contributed by atoms with van der Waals surface area (Å²) in [5.74, 6) is 1.18. The van der Waals surface area contributed by atoms with E-state index in [0.717, 1.165) is 5.56 Å². The van der Waals surface area contributed by atoms with E-state index in [2.05, 4.69) is 10.9 Å². The molecule has 1 rings (SSSR count). The van der Waals surface area contributed by atoms with Crippen LogP contribution in [-0.4, -0.2) is 33.8 Å². The van der Waals surface area contributed by atoms with Crippen molar-refractivity contribution < 1.29 is 19.0 Å². The Kier molecular flexibility index (Phi) is 5.96. The molecule has 100 valence electrons. The number of hydrogen-bond acceptors (Lipinski definition) is 5. The second-order valence-electron chi connectivity index (χ2n) is 3.47. The van der Waals surface area contributed by atoms with Gasteiger partial charge in [0.2, 0.25) is 0 Å². The smallest absolute Gasteiger partial charge is 0.260 e. The molecule has 0 heterocycles. The summed E-state index contributed by atoms with van der Waals surface area (Å²) in [5, 5.41) is 0. The molecule has 0 atom stereocenters. The molecule has 0 spiro atoms. The van der Waals surface area contributed by atoms with Crippen molar-refractivity contribution >= 4 is 5.91 Å². The van der Waals surface area contributed by atoms with E-state index in [1.165, 1.54) is 0 Å². The molecule has 1 amide bonds. The fraction of sp³-hybridized carbons (Fsp3) is 0.417. The van der Waals surface area contributed by atoms with Crippen molar-refractivity contribution in [1.29, 1.82) is 0 Å². The van der Waals surface area contributed by atoms with Crippen LogP contribution in [0.1, 0.15) is 5.56 Å². The molecule has 0 aromatic heterocycles. The topological polar surface area (TPSA) is 68.8 Å². The molecule has 0 unspecified atom stereocenters. The Hall–Kier alpha value is -1.79. The van der Waals surface area contributed by atoms with Gasteiger partial charge < -0.3 is 14.2 Å². The second kappa shape index (κ2) is 7.52. The zero-order valence-corrected chi connectivity index (χ0v) is 10.8. The molecule has 0 bridgehead atoms. The highest BCUT2D eigenvalue weighted by Crippen LogP contribution is 2.24. The monoisotopic (exact) mass is 254 g/mol. The van der Waals surface area contributed by atoms with E-state index in [4.69, 9.17) is 14.2 Å². The highest BCUT2D eigenvalue weighted by molar-refractivity contribution is 5.76. The number of benzene rings is 1. The molecule has 2 N–H and O–H groups in total. The SMILES string of the molecule is CNNC(=O)COCc1cc(OC)ccc1OC. The Morgan fingerprint density at radius 3 is 2.67 bits per heavy atom. The van der Waals surface area contributed by atoms with Crippen molar-refractivity contribution in [2.45, 2.75) is 6.61 Å². The number of carbonyl (C=O) groups is 1. The van der Waals surface area contributed by atoms with E-state index < -0.39 is 0 Å². The van der Waals surface area contributed by atoms with E-state index in [9.17, 15) is 4.79 Å². The lowest BCUT2D eigenvalue weighted by Gasteiger charge is -2.10. The Balaban J connectivity index is 2.57. The van der Waals surface area contributed by atoms with Gasteiger partial charge in [0.15, 0.2) is 0 Å². The third-order valence-corrected chi connectivity index (χ3v) is 2.24. The van der Waals surface area contributed by atoms with E-state index in [1.54, 1.807) is 33.4 Å². The van der Waals surface area contributed by atoms with Gasteiger partial charge in [0.05, 0.1) is 20.8 Å². The molecule has 0 fully saturated rings. The van der Waals surface area contributed by atoms with E-state index in [0.29, 0.717) is 11.5 Å². The average molecular weight is 254 g/mol. The minimum Gasteiger partial charge on any atom is -0.497 e. The Morgan fingerprint density at radius 2 is 2.06 bits per heavy atom. The van der Waals surface area contributed by atoms with E-state index in [1.807, 2.05) is 6.07 Å². The lowest BCUT2D eigenvalue weighted by molar-refractivity contribution is -0.126. The largest absolute Gasteiger partial charge is 0.497 e. The summed E-state index contributed by atoms with van der Waals surface area (Å²) in [7, 11) is 4.79. The van der Waals surface area contributed by atoms with Gasteiger partial charge in [0.1, 0.15) is 18.1 Å². The molecular weight excluding hydrogens is 236 g/mol. The predicted molar refractivity (Wildman–Crippen MR) is 66.4 cm³/mol. The lowest BCUT2D eigenvalue weighted by Crippen LogP contribution is -2.36. The molecule has 0 aliphatic heterocycles. The molecule has 0 radical (unpaired) electrons. The van der Waals surface area contributed by atoms with Gasteiger partial charge in [0.25, 0.3) is 5.91 Å². The standard InChI is InChI=1S/C12H18N2O4/c1-13-14-12(15)8-18-7-9-6-10(16-2)4-5-11(9)17-3/h4-6,13H,7-8H2,1-3H3,(H,14,15). The first-order chi connectivity index (χ1) is 8.71. The fourth-order valence-corrected chi connectivity index (χ4v) is 1.42. The molecule has 0 aliphatic carbocycles. The number of nitrogens with one attached hydrogen (secondary N) is 2. The van der Waals surface area contributed by atoms with Crippen molar-refractivity contribution in [1.82, 2.24) is 10.9 Å². The van der Waals surface area contributed by atoms with Crippen molar-refractivity contribution in [3.05, 3.63) is 23.8 Å². The maximum Gasteiger partial charge on any atom is 0.260 e. The molecule has 0 aliphatic rings. The summed E-state index contributed by atoms with van der Waals surface area (Å²) in [4.78, 5) is 11.2. The number of hydrazine groups is 1. The first kappa shape index (κ1) is 14.3. The van der Waals surface area contributed by atoms with Gasteiger partial charge in [-0.05, 0) is 18.2 Å². The molecule has 6 nitrogen and oxygen atoms in total. The van der Waals surface area contributed by atoms with Gasteiger partial charge in [-0.25, -0.2) is 5.43 Å². The average Bonchev–Trinajstić information content (AvgIpc) is 2.39. The van der Waals surface area contributed by atoms with E-state index >= 15 is 0 Å². The van der Waals surface area contributed by atoms with Crippen LogP contribution in [0.5, 0.6) is 11.5 Å². The van der Waals surface area contributed by atoms with Gasteiger partial charge in [-0.1, -0.05) is 0 Å². The molecular formula is C12H18N2O4. The molecule has 0 saturated heterocycles. The summed E-state index contributed by atoms with van der Waals surface area (Å²) in [6.45, 7) is 0.249. The highest BCUT2D eigenvalue weighted by Gasteiger charge is 2.06. The summed E-state index contributed by atoms with van der Waals surface area (Å²) in [5.41, 5.74) is 5.77. The van der Waals surface area contributed by atoms with Crippen LogP contribution in [0.25, 0.3) is 0 Å². The first-order valence-electron chi connectivity index (χ1n) is 5.45. The number of rotatable bonds is 7. The van der Waals surface area contributed by atoms with Crippen molar-refractivity contribution in [3.63, 3.8) is 0 Å². The number of methoxy groups -OCH3 is 2. The van der Waals surface area contributed by atoms with Crippen LogP contribution in [-0.2, 0) is 16.1 Å². The zero-order chi connectivity index (χ0) is 13.4. The molecule has 1 aromatic carbocycles. The Bertz CT molecular complexity index is 396. The minimum atomic E-state index is -0.237. The molecule has 1 aromatic rings.